The molecule has 1 aromatic rings. The predicted molar refractivity (Wildman–Crippen MR) is 66.4 cm³/mol. The van der Waals surface area contributed by atoms with Crippen molar-refractivity contribution in [3.05, 3.63) is 29.3 Å². The summed E-state index contributed by atoms with van der Waals surface area (Å²) in [5.41, 5.74) is 2.47. The lowest BCUT2D eigenvalue weighted by Gasteiger charge is -2.40. The molecule has 1 N–H and O–H groups in total. The van der Waals surface area contributed by atoms with Crippen LogP contribution in [0, 0.1) is 13.8 Å². The van der Waals surface area contributed by atoms with Gasteiger partial charge in [0.1, 0.15) is 18.0 Å². The minimum Gasteiger partial charge on any atom is -0.488 e. The van der Waals surface area contributed by atoms with Gasteiger partial charge in [0.2, 0.25) is 0 Å². The number of rotatable bonds is 4. The third-order valence-corrected chi connectivity index (χ3v) is 3.34. The van der Waals surface area contributed by atoms with Gasteiger partial charge in [-0.05, 0) is 44.0 Å². The van der Waals surface area contributed by atoms with E-state index in [9.17, 15) is 5.11 Å². The lowest BCUT2D eigenvalue weighted by Crippen LogP contribution is -2.55. The van der Waals surface area contributed by atoms with E-state index in [1.165, 1.54) is 11.1 Å². The number of hydrogen-bond donors (Lipinski definition) is 1. The molecule has 1 aliphatic carbocycles. The topological polar surface area (TPSA) is 38.7 Å². The van der Waals surface area contributed by atoms with Crippen LogP contribution in [-0.2, 0) is 4.74 Å². The second kappa shape index (κ2) is 5.07. The van der Waals surface area contributed by atoms with Gasteiger partial charge in [-0.3, -0.25) is 0 Å². The molecule has 3 heteroatoms. The molecule has 0 radical (unpaired) electrons. The van der Waals surface area contributed by atoms with Crippen LogP contribution in [0.4, 0.5) is 0 Å². The van der Waals surface area contributed by atoms with Gasteiger partial charge >= 0.3 is 0 Å². The number of aryl methyl sites for hydroxylation is 2. The van der Waals surface area contributed by atoms with Gasteiger partial charge in [-0.15, -0.1) is 0 Å². The summed E-state index contributed by atoms with van der Waals surface area (Å²) in [7, 11) is 0. The Labute approximate surface area is 102 Å². The fraction of sp³-hybridized carbons (Fsp3) is 0.571. The monoisotopic (exact) mass is 236 g/mol. The van der Waals surface area contributed by atoms with Crippen molar-refractivity contribution in [2.24, 2.45) is 0 Å². The van der Waals surface area contributed by atoms with Crippen LogP contribution >= 0.6 is 0 Å². The van der Waals surface area contributed by atoms with Crippen LogP contribution in [0.1, 0.15) is 24.5 Å². The van der Waals surface area contributed by atoms with Gasteiger partial charge in [0.15, 0.2) is 0 Å². The Morgan fingerprint density at radius 2 is 2.06 bits per heavy atom. The molecule has 0 bridgehead atoms. The first kappa shape index (κ1) is 12.4. The zero-order chi connectivity index (χ0) is 12.4. The lowest BCUT2D eigenvalue weighted by molar-refractivity contribution is -0.160. The molecule has 3 unspecified atom stereocenters. The molecule has 1 fully saturated rings. The molecule has 17 heavy (non-hydrogen) atoms. The maximum absolute atomic E-state index is 9.58. The largest absolute Gasteiger partial charge is 0.488 e. The smallest absolute Gasteiger partial charge is 0.130 e. The van der Waals surface area contributed by atoms with Crippen LogP contribution in [0.5, 0.6) is 5.75 Å². The minimum atomic E-state index is -0.383. The molecule has 94 valence electrons. The van der Waals surface area contributed by atoms with Crippen molar-refractivity contribution < 1.29 is 14.6 Å². The van der Waals surface area contributed by atoms with E-state index in [0.717, 1.165) is 5.75 Å². The zero-order valence-electron chi connectivity index (χ0n) is 10.6. The van der Waals surface area contributed by atoms with Crippen molar-refractivity contribution in [3.63, 3.8) is 0 Å². The van der Waals surface area contributed by atoms with E-state index in [1.54, 1.807) is 0 Å². The van der Waals surface area contributed by atoms with Crippen molar-refractivity contribution in [2.45, 2.75) is 45.5 Å². The highest BCUT2D eigenvalue weighted by Gasteiger charge is 2.42. The van der Waals surface area contributed by atoms with Crippen molar-refractivity contribution in [1.29, 1.82) is 0 Å². The SMILES string of the molecule is CCOC1C(O)CC1Oc1ccc(C)c(C)c1. The third kappa shape index (κ3) is 2.61. The Morgan fingerprint density at radius 1 is 1.29 bits per heavy atom. The molecule has 0 amide bonds. The van der Waals surface area contributed by atoms with Gasteiger partial charge in [-0.25, -0.2) is 0 Å². The highest BCUT2D eigenvalue weighted by Crippen LogP contribution is 2.29. The summed E-state index contributed by atoms with van der Waals surface area (Å²) in [6.07, 6.45) is 0.0672. The average molecular weight is 236 g/mol. The molecule has 3 atom stereocenters. The summed E-state index contributed by atoms with van der Waals surface area (Å²) >= 11 is 0. The summed E-state index contributed by atoms with van der Waals surface area (Å²) in [5, 5.41) is 9.58. The summed E-state index contributed by atoms with van der Waals surface area (Å²) in [6, 6.07) is 6.05. The second-order valence-electron chi connectivity index (χ2n) is 4.63. The molecule has 2 rings (SSSR count). The molecule has 1 saturated carbocycles. The summed E-state index contributed by atoms with van der Waals surface area (Å²) in [6.45, 7) is 6.68. The van der Waals surface area contributed by atoms with Gasteiger partial charge in [0.25, 0.3) is 0 Å². The average Bonchev–Trinajstić information content (AvgIpc) is 2.30. The minimum absolute atomic E-state index is 0.0212. The molecular formula is C14H20O3. The second-order valence-corrected chi connectivity index (χ2v) is 4.63. The molecule has 0 saturated heterocycles. The van der Waals surface area contributed by atoms with Gasteiger partial charge < -0.3 is 14.6 Å². The zero-order valence-corrected chi connectivity index (χ0v) is 10.6. The summed E-state index contributed by atoms with van der Waals surface area (Å²) in [5.74, 6) is 0.856. The van der Waals surface area contributed by atoms with Crippen LogP contribution in [-0.4, -0.2) is 30.0 Å². The van der Waals surface area contributed by atoms with Gasteiger partial charge in [-0.2, -0.15) is 0 Å². The van der Waals surface area contributed by atoms with E-state index in [-0.39, 0.29) is 18.3 Å². The number of hydrogen-bond acceptors (Lipinski definition) is 3. The number of aliphatic hydroxyl groups excluding tert-OH is 1. The molecule has 0 aliphatic heterocycles. The van der Waals surface area contributed by atoms with Crippen molar-refractivity contribution in [1.82, 2.24) is 0 Å². The standard InChI is InChI=1S/C14H20O3/c1-4-16-14-12(15)8-13(14)17-11-6-5-9(2)10(3)7-11/h5-7,12-15H,4,8H2,1-3H3. The molecule has 1 aromatic carbocycles. The molecule has 0 spiro atoms. The molecular weight excluding hydrogens is 216 g/mol. The highest BCUT2D eigenvalue weighted by atomic mass is 16.6. The summed E-state index contributed by atoms with van der Waals surface area (Å²) < 4.78 is 11.3. The number of benzene rings is 1. The number of ether oxygens (including phenoxy) is 2. The van der Waals surface area contributed by atoms with E-state index < -0.39 is 0 Å². The van der Waals surface area contributed by atoms with E-state index in [2.05, 4.69) is 19.9 Å². The van der Waals surface area contributed by atoms with Crippen LogP contribution in [0.25, 0.3) is 0 Å². The van der Waals surface area contributed by atoms with Crippen LogP contribution < -0.4 is 4.74 Å². The maximum atomic E-state index is 9.58. The molecule has 1 aliphatic rings. The molecule has 3 nitrogen and oxygen atoms in total. The van der Waals surface area contributed by atoms with Crippen molar-refractivity contribution in [2.75, 3.05) is 6.61 Å². The first-order chi connectivity index (χ1) is 8.11. The first-order valence-electron chi connectivity index (χ1n) is 6.15. The Kier molecular flexibility index (Phi) is 3.69. The van der Waals surface area contributed by atoms with Gasteiger partial charge in [0.05, 0.1) is 6.10 Å². The number of aliphatic hydroxyl groups is 1. The first-order valence-corrected chi connectivity index (χ1v) is 6.15. The Morgan fingerprint density at radius 3 is 2.65 bits per heavy atom. The van der Waals surface area contributed by atoms with E-state index in [4.69, 9.17) is 9.47 Å². The Hall–Kier alpha value is -1.06. The van der Waals surface area contributed by atoms with E-state index in [0.29, 0.717) is 13.0 Å². The van der Waals surface area contributed by atoms with Crippen molar-refractivity contribution >= 4 is 0 Å². The predicted octanol–water partition coefficient (Wildman–Crippen LogP) is 2.22. The highest BCUT2D eigenvalue weighted by molar-refractivity contribution is 5.34. The van der Waals surface area contributed by atoms with E-state index in [1.807, 2.05) is 19.1 Å². The fourth-order valence-electron chi connectivity index (χ4n) is 2.05. The maximum Gasteiger partial charge on any atom is 0.130 e. The van der Waals surface area contributed by atoms with E-state index >= 15 is 0 Å². The third-order valence-electron chi connectivity index (χ3n) is 3.34. The quantitative estimate of drug-likeness (QED) is 0.871. The lowest BCUT2D eigenvalue weighted by atomic mass is 9.88. The molecule has 0 heterocycles. The fourth-order valence-corrected chi connectivity index (χ4v) is 2.05. The van der Waals surface area contributed by atoms with Crippen molar-refractivity contribution in [3.8, 4) is 5.75 Å². The molecule has 0 aromatic heterocycles. The van der Waals surface area contributed by atoms with Gasteiger partial charge in [0, 0.05) is 13.0 Å². The van der Waals surface area contributed by atoms with Gasteiger partial charge in [-0.1, -0.05) is 6.07 Å². The summed E-state index contributed by atoms with van der Waals surface area (Å²) in [4.78, 5) is 0. The van der Waals surface area contributed by atoms with Crippen LogP contribution in [0.15, 0.2) is 18.2 Å². The van der Waals surface area contributed by atoms with Crippen LogP contribution in [0.3, 0.4) is 0 Å². The Bertz CT molecular complexity index is 389. The normalized spacial score (nSPS) is 27.6. The van der Waals surface area contributed by atoms with Crippen LogP contribution in [0.2, 0.25) is 0 Å². The Balaban J connectivity index is 1.99.